The van der Waals surface area contributed by atoms with E-state index in [1.54, 1.807) is 0 Å². The number of carbonyl (C=O) groups is 1. The zero-order valence-corrected chi connectivity index (χ0v) is 11.2. The van der Waals surface area contributed by atoms with Crippen LogP contribution in [0.25, 0.3) is 0 Å². The van der Waals surface area contributed by atoms with Gasteiger partial charge in [0.05, 0.1) is 11.6 Å². The number of nitriles is 1. The van der Waals surface area contributed by atoms with Crippen molar-refractivity contribution >= 4 is 21.8 Å². The lowest BCUT2D eigenvalue weighted by atomic mass is 10.1. The summed E-state index contributed by atoms with van der Waals surface area (Å²) < 4.78 is 38.2. The molecule has 1 N–H and O–H groups in total. The average Bonchev–Trinajstić information content (AvgIpc) is 2.33. The van der Waals surface area contributed by atoms with Crippen LogP contribution < -0.4 is 5.32 Å². The van der Waals surface area contributed by atoms with Crippen molar-refractivity contribution < 1.29 is 18.0 Å². The van der Waals surface area contributed by atoms with E-state index in [4.69, 9.17) is 5.26 Å². The second kappa shape index (κ2) is 6.52. The van der Waals surface area contributed by atoms with E-state index in [0.717, 1.165) is 6.07 Å². The molecule has 102 valence electrons. The summed E-state index contributed by atoms with van der Waals surface area (Å²) in [4.78, 5) is 14.9. The van der Waals surface area contributed by atoms with Crippen LogP contribution in [-0.4, -0.2) is 17.4 Å². The van der Waals surface area contributed by atoms with Gasteiger partial charge in [-0.05, 0) is 34.5 Å². The Morgan fingerprint density at radius 1 is 1.47 bits per heavy atom. The third-order valence-corrected chi connectivity index (χ3v) is 2.57. The number of nitrogens with zero attached hydrogens (tertiary/aromatic N) is 2. The van der Waals surface area contributed by atoms with E-state index in [2.05, 4.69) is 26.2 Å². The summed E-state index contributed by atoms with van der Waals surface area (Å²) in [5, 5.41) is 10.6. The normalized spacial score (nSPS) is 10.9. The number of carbonyl (C=O) groups excluding carboxylic acids is 1. The lowest BCUT2D eigenvalue weighted by Gasteiger charge is -2.12. The maximum Gasteiger partial charge on any atom is 0.434 e. The van der Waals surface area contributed by atoms with Gasteiger partial charge in [0.15, 0.2) is 5.69 Å². The smallest absolute Gasteiger partial charge is 0.352 e. The molecular weight excluding hydrogens is 327 g/mol. The molecule has 1 aromatic rings. The minimum atomic E-state index is -4.71. The topological polar surface area (TPSA) is 65.8 Å². The molecule has 19 heavy (non-hydrogen) atoms. The van der Waals surface area contributed by atoms with E-state index in [1.165, 1.54) is 6.07 Å². The Morgan fingerprint density at radius 2 is 2.16 bits per heavy atom. The number of rotatable bonds is 4. The standard InChI is InChI=1S/C11H9BrF3N3O/c12-8-4-3-7(9(18-8)11(13,14)15)10(19)17-6-2-1-5-16/h3-4H,1-2,6H2,(H,17,19). The van der Waals surface area contributed by atoms with Gasteiger partial charge in [0.2, 0.25) is 0 Å². The minimum absolute atomic E-state index is 0.000792. The molecule has 0 aliphatic rings. The second-order valence-electron chi connectivity index (χ2n) is 3.55. The first-order chi connectivity index (χ1) is 8.86. The van der Waals surface area contributed by atoms with Crippen molar-refractivity contribution in [3.8, 4) is 6.07 Å². The zero-order chi connectivity index (χ0) is 14.5. The highest BCUT2D eigenvalue weighted by atomic mass is 79.9. The second-order valence-corrected chi connectivity index (χ2v) is 4.36. The third-order valence-electron chi connectivity index (χ3n) is 2.13. The maximum absolute atomic E-state index is 12.7. The quantitative estimate of drug-likeness (QED) is 0.679. The molecule has 0 radical (unpaired) electrons. The fourth-order valence-electron chi connectivity index (χ4n) is 1.30. The summed E-state index contributed by atoms with van der Waals surface area (Å²) in [7, 11) is 0. The first kappa shape index (κ1) is 15.4. The largest absolute Gasteiger partial charge is 0.434 e. The molecule has 0 atom stereocenters. The van der Waals surface area contributed by atoms with Gasteiger partial charge in [-0.15, -0.1) is 0 Å². The predicted molar refractivity (Wildman–Crippen MR) is 64.1 cm³/mol. The molecule has 0 bridgehead atoms. The molecule has 0 aliphatic carbocycles. The summed E-state index contributed by atoms with van der Waals surface area (Å²) in [6, 6.07) is 4.19. The highest BCUT2D eigenvalue weighted by Crippen LogP contribution is 2.31. The summed E-state index contributed by atoms with van der Waals surface area (Å²) in [5.74, 6) is -0.856. The average molecular weight is 336 g/mol. The van der Waals surface area contributed by atoms with E-state index in [9.17, 15) is 18.0 Å². The summed E-state index contributed by atoms with van der Waals surface area (Å²) in [6.07, 6.45) is -4.10. The van der Waals surface area contributed by atoms with Crippen molar-refractivity contribution in [1.29, 1.82) is 5.26 Å². The number of hydrogen-bond donors (Lipinski definition) is 1. The summed E-state index contributed by atoms with van der Waals surface area (Å²) >= 11 is 2.83. The number of nitrogens with one attached hydrogen (secondary N) is 1. The zero-order valence-electron chi connectivity index (χ0n) is 9.59. The van der Waals surface area contributed by atoms with Crippen molar-refractivity contribution in [3.05, 3.63) is 28.0 Å². The molecule has 0 aromatic carbocycles. The number of aromatic nitrogens is 1. The Morgan fingerprint density at radius 3 is 2.74 bits per heavy atom. The molecule has 0 unspecified atom stereocenters. The molecule has 0 aliphatic heterocycles. The van der Waals surface area contributed by atoms with Crippen LogP contribution in [-0.2, 0) is 6.18 Å². The number of hydrogen-bond acceptors (Lipinski definition) is 3. The van der Waals surface area contributed by atoms with Gasteiger partial charge in [-0.25, -0.2) is 4.98 Å². The van der Waals surface area contributed by atoms with E-state index >= 15 is 0 Å². The number of pyridine rings is 1. The van der Waals surface area contributed by atoms with Crippen LogP contribution in [0.2, 0.25) is 0 Å². The summed E-state index contributed by atoms with van der Waals surface area (Å²) in [6.45, 7) is 0.139. The Labute approximate surface area is 115 Å². The van der Waals surface area contributed by atoms with Gasteiger partial charge in [0, 0.05) is 13.0 Å². The molecule has 0 spiro atoms. The molecule has 0 saturated carbocycles. The molecule has 4 nitrogen and oxygen atoms in total. The maximum atomic E-state index is 12.7. The van der Waals surface area contributed by atoms with Gasteiger partial charge in [-0.1, -0.05) is 0 Å². The van der Waals surface area contributed by atoms with Crippen molar-refractivity contribution in [2.24, 2.45) is 0 Å². The van der Waals surface area contributed by atoms with Gasteiger partial charge in [0.25, 0.3) is 5.91 Å². The lowest BCUT2D eigenvalue weighted by molar-refractivity contribution is -0.141. The van der Waals surface area contributed by atoms with Gasteiger partial charge in [0.1, 0.15) is 4.60 Å². The highest BCUT2D eigenvalue weighted by molar-refractivity contribution is 9.10. The van der Waals surface area contributed by atoms with Crippen LogP contribution in [0.15, 0.2) is 16.7 Å². The predicted octanol–water partition coefficient (Wildman–Crippen LogP) is 2.90. The van der Waals surface area contributed by atoms with Crippen molar-refractivity contribution in [3.63, 3.8) is 0 Å². The van der Waals surface area contributed by atoms with Crippen LogP contribution >= 0.6 is 15.9 Å². The first-order valence-electron chi connectivity index (χ1n) is 5.25. The molecular formula is C11H9BrF3N3O. The Hall–Kier alpha value is -1.62. The van der Waals surface area contributed by atoms with Crippen LogP contribution in [0.3, 0.4) is 0 Å². The van der Waals surface area contributed by atoms with Gasteiger partial charge in [-0.2, -0.15) is 18.4 Å². The monoisotopic (exact) mass is 335 g/mol. The van der Waals surface area contributed by atoms with E-state index < -0.39 is 23.3 Å². The Bertz CT molecular complexity index is 511. The van der Waals surface area contributed by atoms with Gasteiger partial charge < -0.3 is 5.32 Å². The molecule has 8 heteroatoms. The molecule has 1 heterocycles. The molecule has 1 rings (SSSR count). The molecule has 1 aromatic heterocycles. The SMILES string of the molecule is N#CCCCNC(=O)c1ccc(Br)nc1C(F)(F)F. The van der Waals surface area contributed by atoms with E-state index in [1.807, 2.05) is 6.07 Å². The van der Waals surface area contributed by atoms with Crippen molar-refractivity contribution in [2.45, 2.75) is 19.0 Å². The van der Waals surface area contributed by atoms with Crippen molar-refractivity contribution in [2.75, 3.05) is 6.54 Å². The number of halogens is 4. The van der Waals surface area contributed by atoms with Crippen LogP contribution in [0, 0.1) is 11.3 Å². The Balaban J connectivity index is 2.88. The van der Waals surface area contributed by atoms with Crippen LogP contribution in [0.5, 0.6) is 0 Å². The van der Waals surface area contributed by atoms with Crippen LogP contribution in [0.1, 0.15) is 28.9 Å². The fourth-order valence-corrected chi connectivity index (χ4v) is 1.61. The lowest BCUT2D eigenvalue weighted by Crippen LogP contribution is -2.27. The van der Waals surface area contributed by atoms with Gasteiger partial charge >= 0.3 is 6.18 Å². The molecule has 1 amide bonds. The van der Waals surface area contributed by atoms with E-state index in [-0.39, 0.29) is 17.6 Å². The van der Waals surface area contributed by atoms with Crippen LogP contribution in [0.4, 0.5) is 13.2 Å². The first-order valence-corrected chi connectivity index (χ1v) is 6.04. The number of unbranched alkanes of at least 4 members (excludes halogenated alkanes) is 1. The van der Waals surface area contributed by atoms with Gasteiger partial charge in [-0.3, -0.25) is 4.79 Å². The molecule has 0 saturated heterocycles. The fraction of sp³-hybridized carbons (Fsp3) is 0.364. The number of alkyl halides is 3. The minimum Gasteiger partial charge on any atom is -0.352 e. The number of amides is 1. The summed E-state index contributed by atoms with van der Waals surface area (Å²) in [5.41, 5.74) is -1.77. The van der Waals surface area contributed by atoms with E-state index in [0.29, 0.717) is 6.42 Å². The Kier molecular flexibility index (Phi) is 5.30. The highest BCUT2D eigenvalue weighted by Gasteiger charge is 2.37. The van der Waals surface area contributed by atoms with Crippen molar-refractivity contribution in [1.82, 2.24) is 10.3 Å². The molecule has 0 fully saturated rings. The third kappa shape index (κ3) is 4.52.